The maximum atomic E-state index is 5.48. The van der Waals surface area contributed by atoms with Gasteiger partial charge in [-0.25, -0.2) is 0 Å². The van der Waals surface area contributed by atoms with Crippen LogP contribution in [-0.2, 0) is 11.3 Å². The van der Waals surface area contributed by atoms with Crippen molar-refractivity contribution < 1.29 is 4.74 Å². The van der Waals surface area contributed by atoms with Crippen LogP contribution in [0.25, 0.3) is 0 Å². The highest BCUT2D eigenvalue weighted by Gasteiger charge is 2.10. The van der Waals surface area contributed by atoms with E-state index in [1.807, 2.05) is 12.3 Å². The second-order valence-electron chi connectivity index (χ2n) is 8.70. The Morgan fingerprint density at radius 1 is 0.828 bits per heavy atom. The third kappa shape index (κ3) is 15.6. The van der Waals surface area contributed by atoms with Gasteiger partial charge in [0, 0.05) is 26.4 Å². The molecule has 0 unspecified atom stereocenters. The number of methoxy groups -OCH3 is 1. The molecule has 0 amide bonds. The van der Waals surface area contributed by atoms with Crippen LogP contribution in [-0.4, -0.2) is 36.2 Å². The van der Waals surface area contributed by atoms with Crippen LogP contribution < -0.4 is 0 Å². The molecular formula is C26H48N2O. The summed E-state index contributed by atoms with van der Waals surface area (Å²) in [6.07, 6.45) is 21.9. The lowest BCUT2D eigenvalue weighted by atomic mass is 10.0. The molecule has 0 saturated heterocycles. The molecule has 0 aliphatic heterocycles. The zero-order chi connectivity index (χ0) is 21.0. The molecule has 0 aliphatic rings. The molecule has 0 N–H and O–H groups in total. The first-order valence-corrected chi connectivity index (χ1v) is 12.4. The molecule has 1 aromatic heterocycles. The fraction of sp³-hybridized carbons (Fsp3) is 0.808. The van der Waals surface area contributed by atoms with Crippen molar-refractivity contribution >= 4 is 0 Å². The maximum absolute atomic E-state index is 5.48. The van der Waals surface area contributed by atoms with Crippen LogP contribution in [0.15, 0.2) is 24.4 Å². The van der Waals surface area contributed by atoms with Crippen LogP contribution in [0, 0.1) is 0 Å². The van der Waals surface area contributed by atoms with Gasteiger partial charge < -0.3 is 4.74 Å². The third-order valence-corrected chi connectivity index (χ3v) is 5.86. The molecule has 1 aromatic rings. The number of rotatable bonds is 20. The highest BCUT2D eigenvalue weighted by atomic mass is 16.5. The van der Waals surface area contributed by atoms with Crippen molar-refractivity contribution in [2.24, 2.45) is 0 Å². The molecule has 0 saturated carbocycles. The van der Waals surface area contributed by atoms with Gasteiger partial charge in [-0.3, -0.25) is 9.88 Å². The highest BCUT2D eigenvalue weighted by molar-refractivity contribution is 5.03. The molecule has 1 heterocycles. The molecule has 0 aliphatic carbocycles. The summed E-state index contributed by atoms with van der Waals surface area (Å²) in [6, 6.07) is 6.18. The van der Waals surface area contributed by atoms with Crippen molar-refractivity contribution in [2.75, 3.05) is 20.2 Å². The Labute approximate surface area is 181 Å². The zero-order valence-corrected chi connectivity index (χ0v) is 19.7. The van der Waals surface area contributed by atoms with Crippen molar-refractivity contribution in [1.82, 2.24) is 9.88 Å². The van der Waals surface area contributed by atoms with E-state index in [2.05, 4.69) is 35.9 Å². The number of ether oxygens (including phenoxy) is 1. The van der Waals surface area contributed by atoms with Crippen LogP contribution in [0.5, 0.6) is 0 Å². The van der Waals surface area contributed by atoms with E-state index >= 15 is 0 Å². The number of nitrogens with zero attached hydrogens (tertiary/aromatic N) is 2. The number of hydrogen-bond acceptors (Lipinski definition) is 3. The van der Waals surface area contributed by atoms with Gasteiger partial charge in [0.1, 0.15) is 0 Å². The van der Waals surface area contributed by atoms with Crippen molar-refractivity contribution in [3.8, 4) is 0 Å². The van der Waals surface area contributed by atoms with Crippen LogP contribution in [0.2, 0.25) is 0 Å². The summed E-state index contributed by atoms with van der Waals surface area (Å²) in [5, 5.41) is 0. The Hall–Kier alpha value is -0.930. The van der Waals surface area contributed by atoms with Gasteiger partial charge in [0.05, 0.1) is 11.8 Å². The van der Waals surface area contributed by atoms with Crippen LogP contribution in [0.3, 0.4) is 0 Å². The highest BCUT2D eigenvalue weighted by Crippen LogP contribution is 2.13. The van der Waals surface area contributed by atoms with E-state index in [0.29, 0.717) is 0 Å². The maximum Gasteiger partial charge on any atom is 0.0670 e. The van der Waals surface area contributed by atoms with Gasteiger partial charge in [0.25, 0.3) is 0 Å². The first-order chi connectivity index (χ1) is 14.3. The number of hydrogen-bond donors (Lipinski definition) is 0. The van der Waals surface area contributed by atoms with Gasteiger partial charge in [-0.2, -0.15) is 0 Å². The first kappa shape index (κ1) is 26.1. The fourth-order valence-electron chi connectivity index (χ4n) is 3.92. The van der Waals surface area contributed by atoms with E-state index in [4.69, 9.17) is 4.74 Å². The van der Waals surface area contributed by atoms with Crippen LogP contribution in [0.1, 0.15) is 109 Å². The van der Waals surface area contributed by atoms with Crippen LogP contribution in [0.4, 0.5) is 0 Å². The number of aromatic nitrogens is 1. The van der Waals surface area contributed by atoms with Gasteiger partial charge in [0.2, 0.25) is 0 Å². The zero-order valence-electron chi connectivity index (χ0n) is 19.7. The minimum absolute atomic E-state index is 0.269. The molecule has 3 nitrogen and oxygen atoms in total. The summed E-state index contributed by atoms with van der Waals surface area (Å²) >= 11 is 0. The quantitative estimate of drug-likeness (QED) is 0.212. The van der Waals surface area contributed by atoms with E-state index in [1.54, 1.807) is 7.11 Å². The Balaban J connectivity index is 2.01. The van der Waals surface area contributed by atoms with Gasteiger partial charge in [-0.05, 0) is 32.0 Å². The molecule has 0 bridgehead atoms. The molecule has 1 rings (SSSR count). The molecule has 1 atom stereocenters. The Morgan fingerprint density at radius 2 is 1.38 bits per heavy atom. The van der Waals surface area contributed by atoms with Crippen molar-refractivity contribution in [2.45, 2.75) is 116 Å². The SMILES string of the molecule is CCCCCCCCCCCCCCCCN(Cc1ccccn1)C[C@H](C)OC. The Bertz CT molecular complexity index is 451. The summed E-state index contributed by atoms with van der Waals surface area (Å²) in [4.78, 5) is 6.98. The van der Waals surface area contributed by atoms with Crippen LogP contribution >= 0.6 is 0 Å². The van der Waals surface area contributed by atoms with Gasteiger partial charge in [0.15, 0.2) is 0 Å². The smallest absolute Gasteiger partial charge is 0.0670 e. The molecule has 0 radical (unpaired) electrons. The predicted octanol–water partition coefficient (Wildman–Crippen LogP) is 7.40. The predicted molar refractivity (Wildman–Crippen MR) is 126 cm³/mol. The molecule has 0 spiro atoms. The lowest BCUT2D eigenvalue weighted by Crippen LogP contribution is -2.32. The molecule has 0 fully saturated rings. The van der Waals surface area contributed by atoms with Crippen molar-refractivity contribution in [3.05, 3.63) is 30.1 Å². The monoisotopic (exact) mass is 404 g/mol. The second-order valence-corrected chi connectivity index (χ2v) is 8.70. The van der Waals surface area contributed by atoms with Gasteiger partial charge in [-0.1, -0.05) is 96.5 Å². The summed E-state index contributed by atoms with van der Waals surface area (Å²) in [5.74, 6) is 0. The summed E-state index contributed by atoms with van der Waals surface area (Å²) < 4.78 is 5.48. The van der Waals surface area contributed by atoms with E-state index in [9.17, 15) is 0 Å². The van der Waals surface area contributed by atoms with E-state index < -0.39 is 0 Å². The van der Waals surface area contributed by atoms with Gasteiger partial charge >= 0.3 is 0 Å². The van der Waals surface area contributed by atoms with Gasteiger partial charge in [-0.15, -0.1) is 0 Å². The fourth-order valence-corrected chi connectivity index (χ4v) is 3.92. The average molecular weight is 405 g/mol. The third-order valence-electron chi connectivity index (χ3n) is 5.86. The lowest BCUT2D eigenvalue weighted by Gasteiger charge is -2.24. The largest absolute Gasteiger partial charge is 0.380 e. The minimum Gasteiger partial charge on any atom is -0.380 e. The standard InChI is InChI=1S/C26H48N2O/c1-4-5-6-7-8-9-10-11-12-13-14-15-16-19-22-28(23-25(2)29-3)24-26-20-17-18-21-27-26/h17-18,20-21,25H,4-16,19,22-24H2,1-3H3/t25-/m0/s1. The molecule has 168 valence electrons. The summed E-state index contributed by atoms with van der Waals surface area (Å²) in [6.45, 7) is 7.48. The average Bonchev–Trinajstić information content (AvgIpc) is 2.74. The molecule has 0 aromatic carbocycles. The normalized spacial score (nSPS) is 12.6. The van der Waals surface area contributed by atoms with Crippen molar-refractivity contribution in [3.63, 3.8) is 0 Å². The lowest BCUT2D eigenvalue weighted by molar-refractivity contribution is 0.0730. The molecule has 29 heavy (non-hydrogen) atoms. The van der Waals surface area contributed by atoms with Crippen molar-refractivity contribution in [1.29, 1.82) is 0 Å². The Kier molecular flexibility index (Phi) is 17.2. The first-order valence-electron chi connectivity index (χ1n) is 12.4. The topological polar surface area (TPSA) is 25.4 Å². The number of unbranched alkanes of at least 4 members (excludes halogenated alkanes) is 13. The summed E-state index contributed by atoms with van der Waals surface area (Å²) in [7, 11) is 1.80. The second kappa shape index (κ2) is 19.1. The Morgan fingerprint density at radius 3 is 1.86 bits per heavy atom. The van der Waals surface area contributed by atoms with E-state index in [0.717, 1.165) is 25.3 Å². The van der Waals surface area contributed by atoms with E-state index in [1.165, 1.54) is 89.9 Å². The number of pyridine rings is 1. The molecular weight excluding hydrogens is 356 g/mol. The minimum atomic E-state index is 0.269. The molecule has 3 heteroatoms. The summed E-state index contributed by atoms with van der Waals surface area (Å²) in [5.41, 5.74) is 1.15. The van der Waals surface area contributed by atoms with E-state index in [-0.39, 0.29) is 6.10 Å².